The Morgan fingerprint density at radius 1 is 1.05 bits per heavy atom. The van der Waals surface area contributed by atoms with Gasteiger partial charge >= 0.3 is 0 Å². The van der Waals surface area contributed by atoms with Crippen LogP contribution in [0.4, 0.5) is 0 Å². The van der Waals surface area contributed by atoms with Crippen LogP contribution in [0.25, 0.3) is 0 Å². The molecular weight excluding hydrogens is 262 g/mol. The molecule has 0 radical (unpaired) electrons. The van der Waals surface area contributed by atoms with Crippen LogP contribution >= 0.6 is 0 Å². The summed E-state index contributed by atoms with van der Waals surface area (Å²) in [5.74, 6) is 0.282. The molecule has 0 amide bonds. The first-order valence-electron chi connectivity index (χ1n) is 7.15. The molecule has 1 N–H and O–H groups in total. The SMILES string of the molecule is CNCCCCS(=O)(=O)N1CCN(C(C)(C)C)CC1. The quantitative estimate of drug-likeness (QED) is 0.733. The second-order valence-corrected chi connectivity index (χ2v) is 8.27. The van der Waals surface area contributed by atoms with E-state index in [-0.39, 0.29) is 11.3 Å². The molecule has 0 saturated carbocycles. The minimum atomic E-state index is -3.05. The zero-order valence-corrected chi connectivity index (χ0v) is 13.6. The van der Waals surface area contributed by atoms with Gasteiger partial charge in [0.1, 0.15) is 0 Å². The third-order valence-electron chi connectivity index (χ3n) is 3.66. The standard InChI is InChI=1S/C13H29N3O2S/c1-13(2,3)15-8-10-16(11-9-15)19(17,18)12-6-5-7-14-4/h14H,5-12H2,1-4H3. The zero-order valence-electron chi connectivity index (χ0n) is 12.8. The summed E-state index contributed by atoms with van der Waals surface area (Å²) in [6.45, 7) is 10.3. The van der Waals surface area contributed by atoms with Crippen molar-refractivity contribution in [2.45, 2.75) is 39.2 Å². The van der Waals surface area contributed by atoms with E-state index in [9.17, 15) is 8.42 Å². The maximum absolute atomic E-state index is 12.2. The predicted octanol–water partition coefficient (Wildman–Crippen LogP) is 0.732. The summed E-state index contributed by atoms with van der Waals surface area (Å²) in [5.41, 5.74) is 0.128. The van der Waals surface area contributed by atoms with Gasteiger partial charge in [0, 0.05) is 31.7 Å². The van der Waals surface area contributed by atoms with Crippen molar-refractivity contribution < 1.29 is 8.42 Å². The third kappa shape index (κ3) is 5.38. The molecule has 1 heterocycles. The highest BCUT2D eigenvalue weighted by atomic mass is 32.2. The molecule has 0 aliphatic carbocycles. The van der Waals surface area contributed by atoms with E-state index in [2.05, 4.69) is 31.0 Å². The van der Waals surface area contributed by atoms with Crippen LogP contribution in [0.1, 0.15) is 33.6 Å². The van der Waals surface area contributed by atoms with Crippen molar-refractivity contribution in [3.63, 3.8) is 0 Å². The Bertz CT molecular complexity index is 355. The Morgan fingerprint density at radius 2 is 1.63 bits per heavy atom. The maximum atomic E-state index is 12.2. The zero-order chi connectivity index (χ0) is 14.5. The number of sulfonamides is 1. The molecule has 0 unspecified atom stereocenters. The maximum Gasteiger partial charge on any atom is 0.214 e. The minimum Gasteiger partial charge on any atom is -0.320 e. The first-order chi connectivity index (χ1) is 8.77. The molecule has 19 heavy (non-hydrogen) atoms. The Labute approximate surface area is 118 Å². The minimum absolute atomic E-state index is 0.128. The van der Waals surface area contributed by atoms with Crippen LogP contribution in [0, 0.1) is 0 Å². The predicted molar refractivity (Wildman–Crippen MR) is 79.8 cm³/mol. The first-order valence-corrected chi connectivity index (χ1v) is 8.76. The van der Waals surface area contributed by atoms with E-state index in [4.69, 9.17) is 0 Å². The van der Waals surface area contributed by atoms with Crippen molar-refractivity contribution in [1.29, 1.82) is 0 Å². The van der Waals surface area contributed by atoms with Gasteiger partial charge in [-0.3, -0.25) is 4.90 Å². The van der Waals surface area contributed by atoms with Gasteiger partial charge < -0.3 is 5.32 Å². The summed E-state index contributed by atoms with van der Waals surface area (Å²) in [5, 5.41) is 3.04. The van der Waals surface area contributed by atoms with Gasteiger partial charge in [-0.25, -0.2) is 8.42 Å². The molecular formula is C13H29N3O2S. The van der Waals surface area contributed by atoms with E-state index in [1.807, 2.05) is 7.05 Å². The third-order valence-corrected chi connectivity index (χ3v) is 5.62. The van der Waals surface area contributed by atoms with Gasteiger partial charge in [0.25, 0.3) is 0 Å². The van der Waals surface area contributed by atoms with Gasteiger partial charge in [0.15, 0.2) is 0 Å². The van der Waals surface area contributed by atoms with Crippen molar-refractivity contribution in [1.82, 2.24) is 14.5 Å². The number of piperazine rings is 1. The molecule has 6 heteroatoms. The van der Waals surface area contributed by atoms with Gasteiger partial charge in [-0.15, -0.1) is 0 Å². The van der Waals surface area contributed by atoms with Crippen LogP contribution in [0.15, 0.2) is 0 Å². The Balaban J connectivity index is 2.41. The van der Waals surface area contributed by atoms with Crippen LogP contribution < -0.4 is 5.32 Å². The largest absolute Gasteiger partial charge is 0.320 e. The van der Waals surface area contributed by atoms with Gasteiger partial charge in [0.05, 0.1) is 5.75 Å². The summed E-state index contributed by atoms with van der Waals surface area (Å²) in [6, 6.07) is 0. The molecule has 0 bridgehead atoms. The monoisotopic (exact) mass is 291 g/mol. The lowest BCUT2D eigenvalue weighted by Crippen LogP contribution is -2.54. The van der Waals surface area contributed by atoms with Gasteiger partial charge in [-0.1, -0.05) is 0 Å². The van der Waals surface area contributed by atoms with Crippen molar-refractivity contribution in [2.75, 3.05) is 45.5 Å². The fourth-order valence-corrected chi connectivity index (χ4v) is 3.90. The van der Waals surface area contributed by atoms with Crippen LogP contribution in [-0.2, 0) is 10.0 Å². The van der Waals surface area contributed by atoms with Crippen LogP contribution in [0.3, 0.4) is 0 Å². The summed E-state index contributed by atoms with van der Waals surface area (Å²) in [6.07, 6.45) is 1.65. The lowest BCUT2D eigenvalue weighted by Gasteiger charge is -2.41. The average molecular weight is 291 g/mol. The van der Waals surface area contributed by atoms with Gasteiger partial charge in [-0.2, -0.15) is 4.31 Å². The molecule has 1 fully saturated rings. The highest BCUT2D eigenvalue weighted by Crippen LogP contribution is 2.17. The summed E-state index contributed by atoms with van der Waals surface area (Å²) in [4.78, 5) is 2.35. The van der Waals surface area contributed by atoms with Crippen LogP contribution in [0.2, 0.25) is 0 Å². The Kier molecular flexibility index (Phi) is 6.23. The van der Waals surface area contributed by atoms with E-state index < -0.39 is 10.0 Å². The Morgan fingerprint density at radius 3 is 2.11 bits per heavy atom. The molecule has 0 aromatic rings. The second-order valence-electron chi connectivity index (χ2n) is 6.18. The number of unbranched alkanes of at least 4 members (excludes halogenated alkanes) is 1. The molecule has 1 saturated heterocycles. The number of nitrogens with zero attached hydrogens (tertiary/aromatic N) is 2. The fourth-order valence-electron chi connectivity index (χ4n) is 2.35. The molecule has 1 rings (SSSR count). The topological polar surface area (TPSA) is 52.7 Å². The lowest BCUT2D eigenvalue weighted by atomic mass is 10.1. The number of rotatable bonds is 6. The molecule has 0 aromatic carbocycles. The van der Waals surface area contributed by atoms with Crippen molar-refractivity contribution in [2.24, 2.45) is 0 Å². The number of nitrogens with one attached hydrogen (secondary N) is 1. The number of hydrogen-bond acceptors (Lipinski definition) is 4. The molecule has 5 nitrogen and oxygen atoms in total. The van der Waals surface area contributed by atoms with Gasteiger partial charge in [0.2, 0.25) is 10.0 Å². The molecule has 0 aromatic heterocycles. The van der Waals surface area contributed by atoms with E-state index in [1.165, 1.54) is 0 Å². The van der Waals surface area contributed by atoms with E-state index in [0.717, 1.165) is 32.5 Å². The van der Waals surface area contributed by atoms with Crippen LogP contribution in [0.5, 0.6) is 0 Å². The summed E-state index contributed by atoms with van der Waals surface area (Å²) >= 11 is 0. The van der Waals surface area contributed by atoms with E-state index >= 15 is 0 Å². The van der Waals surface area contributed by atoms with Crippen LogP contribution in [-0.4, -0.2) is 68.7 Å². The number of hydrogen-bond donors (Lipinski definition) is 1. The van der Waals surface area contributed by atoms with E-state index in [1.54, 1.807) is 4.31 Å². The normalized spacial score (nSPS) is 19.8. The van der Waals surface area contributed by atoms with Gasteiger partial charge in [-0.05, 0) is 47.2 Å². The smallest absolute Gasteiger partial charge is 0.214 e. The first kappa shape index (κ1) is 16.9. The lowest BCUT2D eigenvalue weighted by molar-refractivity contribution is 0.0922. The Hall–Kier alpha value is -0.170. The molecule has 114 valence electrons. The molecule has 0 atom stereocenters. The average Bonchev–Trinajstić information content (AvgIpc) is 2.34. The molecule has 0 spiro atoms. The fraction of sp³-hybridized carbons (Fsp3) is 1.00. The van der Waals surface area contributed by atoms with E-state index in [0.29, 0.717) is 13.1 Å². The summed E-state index contributed by atoms with van der Waals surface area (Å²) in [7, 11) is -1.16. The van der Waals surface area contributed by atoms with Crippen molar-refractivity contribution >= 4 is 10.0 Å². The second kappa shape index (κ2) is 7.02. The highest BCUT2D eigenvalue weighted by Gasteiger charge is 2.30. The molecule has 1 aliphatic rings. The summed E-state index contributed by atoms with van der Waals surface area (Å²) < 4.78 is 26.0. The molecule has 1 aliphatic heterocycles. The van der Waals surface area contributed by atoms with Crippen molar-refractivity contribution in [3.05, 3.63) is 0 Å². The highest BCUT2D eigenvalue weighted by molar-refractivity contribution is 7.89. The van der Waals surface area contributed by atoms with Crippen molar-refractivity contribution in [3.8, 4) is 0 Å².